The van der Waals surface area contributed by atoms with Crippen LogP contribution < -0.4 is 21.2 Å². The molecule has 4 N–H and O–H groups in total. The lowest BCUT2D eigenvalue weighted by Crippen LogP contribution is -2.38. The molecule has 0 bridgehead atoms. The predicted molar refractivity (Wildman–Crippen MR) is 78.0 cm³/mol. The molecule has 8 nitrogen and oxygen atoms in total. The quantitative estimate of drug-likeness (QED) is 0.364. The molecule has 0 unspecified atom stereocenters. The van der Waals surface area contributed by atoms with Gasteiger partial charge in [0.1, 0.15) is 5.75 Å². The van der Waals surface area contributed by atoms with Gasteiger partial charge in [-0.25, -0.2) is 5.43 Å². The van der Waals surface area contributed by atoms with E-state index in [1.54, 1.807) is 24.3 Å². The number of primary amides is 1. The first-order chi connectivity index (χ1) is 10.6. The molecular formula is C14H16N4O4. The van der Waals surface area contributed by atoms with E-state index in [9.17, 15) is 14.4 Å². The van der Waals surface area contributed by atoms with E-state index >= 15 is 0 Å². The number of hydrazone groups is 1. The van der Waals surface area contributed by atoms with Crippen LogP contribution in [0.5, 0.6) is 5.75 Å². The summed E-state index contributed by atoms with van der Waals surface area (Å²) in [6.45, 7) is -0.263. The van der Waals surface area contributed by atoms with Crippen molar-refractivity contribution in [2.75, 3.05) is 6.61 Å². The van der Waals surface area contributed by atoms with E-state index < -0.39 is 17.7 Å². The van der Waals surface area contributed by atoms with E-state index in [2.05, 4.69) is 15.8 Å². The van der Waals surface area contributed by atoms with Crippen molar-refractivity contribution in [2.24, 2.45) is 10.8 Å². The molecule has 0 atom stereocenters. The number of carbonyl (C=O) groups is 3. The van der Waals surface area contributed by atoms with Gasteiger partial charge in [0.15, 0.2) is 6.61 Å². The minimum atomic E-state index is -0.835. The monoisotopic (exact) mass is 304 g/mol. The Morgan fingerprint density at radius 1 is 1.27 bits per heavy atom. The van der Waals surface area contributed by atoms with E-state index in [-0.39, 0.29) is 12.6 Å². The van der Waals surface area contributed by atoms with Gasteiger partial charge in [-0.05, 0) is 25.0 Å². The highest BCUT2D eigenvalue weighted by atomic mass is 16.5. The summed E-state index contributed by atoms with van der Waals surface area (Å²) in [4.78, 5) is 33.6. The van der Waals surface area contributed by atoms with Crippen molar-refractivity contribution in [1.29, 1.82) is 0 Å². The third-order valence-corrected chi connectivity index (χ3v) is 2.78. The zero-order valence-electron chi connectivity index (χ0n) is 11.7. The fourth-order valence-corrected chi connectivity index (χ4v) is 1.56. The van der Waals surface area contributed by atoms with Crippen LogP contribution in [0.4, 0.5) is 0 Å². The maximum Gasteiger partial charge on any atom is 0.329 e. The maximum atomic E-state index is 11.5. The third kappa shape index (κ3) is 4.89. The molecule has 116 valence electrons. The lowest BCUT2D eigenvalue weighted by molar-refractivity contribution is -0.139. The van der Waals surface area contributed by atoms with Gasteiger partial charge in [-0.15, -0.1) is 0 Å². The van der Waals surface area contributed by atoms with E-state index in [4.69, 9.17) is 10.5 Å². The molecule has 1 aliphatic rings. The molecular weight excluding hydrogens is 288 g/mol. The molecule has 1 aliphatic carbocycles. The summed E-state index contributed by atoms with van der Waals surface area (Å²) < 4.78 is 5.21. The number of benzene rings is 1. The van der Waals surface area contributed by atoms with Crippen LogP contribution in [0.3, 0.4) is 0 Å². The molecule has 0 radical (unpaired) electrons. The molecule has 1 fully saturated rings. The van der Waals surface area contributed by atoms with Crippen LogP contribution in [0.2, 0.25) is 0 Å². The van der Waals surface area contributed by atoms with Gasteiger partial charge in [-0.3, -0.25) is 14.4 Å². The molecule has 0 heterocycles. The minimum absolute atomic E-state index is 0.102. The standard InChI is InChI=1S/C14H16N4O4/c15-12(19)8-22-11-4-2-1-3-9(11)7-16-18-14(21)13(20)17-10-5-6-10/h1-4,7,10H,5-6,8H2,(H2,15,19)(H,17,20)(H,18,21)/b16-7-. The number of hydrogen-bond donors (Lipinski definition) is 3. The number of hydrogen-bond acceptors (Lipinski definition) is 5. The first-order valence-corrected chi connectivity index (χ1v) is 6.70. The van der Waals surface area contributed by atoms with Crippen molar-refractivity contribution in [1.82, 2.24) is 10.7 Å². The first-order valence-electron chi connectivity index (χ1n) is 6.70. The number of nitrogens with two attached hydrogens (primary N) is 1. The molecule has 0 aromatic heterocycles. The molecule has 1 saturated carbocycles. The van der Waals surface area contributed by atoms with Crippen LogP contribution in [0.25, 0.3) is 0 Å². The van der Waals surface area contributed by atoms with Crippen LogP contribution in [0.15, 0.2) is 29.4 Å². The first kappa shape index (κ1) is 15.5. The Kier molecular flexibility index (Phi) is 5.07. The van der Waals surface area contributed by atoms with Crippen molar-refractivity contribution in [2.45, 2.75) is 18.9 Å². The second-order valence-corrected chi connectivity index (χ2v) is 4.74. The lowest BCUT2D eigenvalue weighted by atomic mass is 10.2. The number of amides is 3. The zero-order valence-corrected chi connectivity index (χ0v) is 11.7. The summed E-state index contributed by atoms with van der Waals surface area (Å²) in [6.07, 6.45) is 3.11. The number of nitrogens with one attached hydrogen (secondary N) is 2. The minimum Gasteiger partial charge on any atom is -0.483 e. The molecule has 0 saturated heterocycles. The van der Waals surface area contributed by atoms with E-state index in [0.717, 1.165) is 12.8 Å². The van der Waals surface area contributed by atoms with Crippen molar-refractivity contribution < 1.29 is 19.1 Å². The summed E-state index contributed by atoms with van der Waals surface area (Å²) in [6, 6.07) is 6.86. The predicted octanol–water partition coefficient (Wildman–Crippen LogP) is -0.721. The van der Waals surface area contributed by atoms with Crippen LogP contribution in [-0.4, -0.2) is 36.6 Å². The Bertz CT molecular complexity index is 611. The van der Waals surface area contributed by atoms with Crippen LogP contribution in [0, 0.1) is 0 Å². The molecule has 22 heavy (non-hydrogen) atoms. The second-order valence-electron chi connectivity index (χ2n) is 4.74. The summed E-state index contributed by atoms with van der Waals surface area (Å²) >= 11 is 0. The van der Waals surface area contributed by atoms with Gasteiger partial charge in [0.05, 0.1) is 6.21 Å². The Morgan fingerprint density at radius 2 is 2.00 bits per heavy atom. The molecule has 0 spiro atoms. The Morgan fingerprint density at radius 3 is 2.68 bits per heavy atom. The Balaban J connectivity index is 1.90. The van der Waals surface area contributed by atoms with Gasteiger partial charge < -0.3 is 15.8 Å². The highest BCUT2D eigenvalue weighted by Gasteiger charge is 2.26. The molecule has 0 aliphatic heterocycles. The largest absolute Gasteiger partial charge is 0.483 e. The Hall–Kier alpha value is -2.90. The van der Waals surface area contributed by atoms with Crippen LogP contribution in [0.1, 0.15) is 18.4 Å². The summed E-state index contributed by atoms with van der Waals surface area (Å²) in [5.74, 6) is -1.75. The average molecular weight is 304 g/mol. The SMILES string of the molecule is NC(=O)COc1ccccc1/C=N\NC(=O)C(=O)NC1CC1. The highest BCUT2D eigenvalue weighted by molar-refractivity contribution is 6.35. The zero-order chi connectivity index (χ0) is 15.9. The maximum absolute atomic E-state index is 11.5. The molecule has 8 heteroatoms. The van der Waals surface area contributed by atoms with Crippen molar-refractivity contribution in [3.63, 3.8) is 0 Å². The number of rotatable bonds is 6. The van der Waals surface area contributed by atoms with Gasteiger partial charge in [-0.2, -0.15) is 5.10 Å². The topological polar surface area (TPSA) is 123 Å². The van der Waals surface area contributed by atoms with Gasteiger partial charge in [0, 0.05) is 11.6 Å². The summed E-state index contributed by atoms with van der Waals surface area (Å²) in [7, 11) is 0. The highest BCUT2D eigenvalue weighted by Crippen LogP contribution is 2.18. The number of nitrogens with zero attached hydrogens (tertiary/aromatic N) is 1. The summed E-state index contributed by atoms with van der Waals surface area (Å²) in [5.41, 5.74) is 7.67. The second kappa shape index (κ2) is 7.21. The van der Waals surface area contributed by atoms with E-state index in [1.807, 2.05) is 0 Å². The molecule has 1 aromatic carbocycles. The number of ether oxygens (including phenoxy) is 1. The van der Waals surface area contributed by atoms with Gasteiger partial charge in [0.25, 0.3) is 5.91 Å². The Labute approximate surface area is 126 Å². The lowest BCUT2D eigenvalue weighted by Gasteiger charge is -2.06. The smallest absolute Gasteiger partial charge is 0.329 e. The molecule has 2 rings (SSSR count). The fraction of sp³-hybridized carbons (Fsp3) is 0.286. The third-order valence-electron chi connectivity index (χ3n) is 2.78. The normalized spacial score (nSPS) is 13.6. The van der Waals surface area contributed by atoms with Crippen molar-refractivity contribution in [3.05, 3.63) is 29.8 Å². The molecule has 3 amide bonds. The summed E-state index contributed by atoms with van der Waals surface area (Å²) in [5, 5.41) is 6.24. The van der Waals surface area contributed by atoms with E-state index in [0.29, 0.717) is 11.3 Å². The molecule has 1 aromatic rings. The van der Waals surface area contributed by atoms with E-state index in [1.165, 1.54) is 6.21 Å². The average Bonchev–Trinajstić information content (AvgIpc) is 3.30. The van der Waals surface area contributed by atoms with Crippen LogP contribution >= 0.6 is 0 Å². The van der Waals surface area contributed by atoms with Gasteiger partial charge >= 0.3 is 11.8 Å². The fourth-order valence-electron chi connectivity index (χ4n) is 1.56. The van der Waals surface area contributed by atoms with Gasteiger partial charge in [-0.1, -0.05) is 12.1 Å². The van der Waals surface area contributed by atoms with Crippen LogP contribution in [-0.2, 0) is 14.4 Å². The van der Waals surface area contributed by atoms with Crippen molar-refractivity contribution >= 4 is 23.9 Å². The number of para-hydroxylation sites is 1. The number of carbonyl (C=O) groups excluding carboxylic acids is 3. The van der Waals surface area contributed by atoms with Crippen molar-refractivity contribution in [3.8, 4) is 5.75 Å². The van der Waals surface area contributed by atoms with Gasteiger partial charge in [0.2, 0.25) is 0 Å².